The van der Waals surface area contributed by atoms with Crippen molar-refractivity contribution in [1.82, 2.24) is 14.0 Å². The summed E-state index contributed by atoms with van der Waals surface area (Å²) in [6.07, 6.45) is 0.718. The molecule has 3 aromatic carbocycles. The average Bonchev–Trinajstić information content (AvgIpc) is 2.91. The van der Waals surface area contributed by atoms with Crippen molar-refractivity contribution < 1.29 is 9.84 Å². The molecule has 7 heteroatoms. The third kappa shape index (κ3) is 4.98. The molecule has 0 spiro atoms. The largest absolute Gasteiger partial charge is 0.497 e. The van der Waals surface area contributed by atoms with E-state index in [0.717, 1.165) is 30.8 Å². The number of aryl methyl sites for hydroxylation is 2. The lowest BCUT2D eigenvalue weighted by Gasteiger charge is -2.30. The topological polar surface area (TPSA) is 76.7 Å². The molecule has 0 saturated heterocycles. The zero-order valence-corrected chi connectivity index (χ0v) is 20.5. The van der Waals surface area contributed by atoms with Crippen molar-refractivity contribution in [2.24, 2.45) is 0 Å². The van der Waals surface area contributed by atoms with Gasteiger partial charge in [-0.3, -0.25) is 18.8 Å². The second kappa shape index (κ2) is 10.5. The number of β-amino-alcohol motifs (C(OH)–C–C–N with tert-alkyl or cyclic N) is 1. The Hall–Kier alpha value is -3.68. The van der Waals surface area contributed by atoms with Gasteiger partial charge in [0, 0.05) is 26.2 Å². The molecule has 1 N–H and O–H groups in total. The first-order valence-electron chi connectivity index (χ1n) is 12.4. The summed E-state index contributed by atoms with van der Waals surface area (Å²) in [6, 6.07) is 23.3. The second-order valence-corrected chi connectivity index (χ2v) is 9.37. The van der Waals surface area contributed by atoms with E-state index in [4.69, 9.17) is 4.74 Å². The van der Waals surface area contributed by atoms with Crippen LogP contribution in [0.2, 0.25) is 0 Å². The molecule has 36 heavy (non-hydrogen) atoms. The number of aliphatic hydroxyl groups excluding tert-OH is 1. The van der Waals surface area contributed by atoms with E-state index in [1.54, 1.807) is 29.9 Å². The first kappa shape index (κ1) is 24.0. The maximum Gasteiger partial charge on any atom is 0.331 e. The summed E-state index contributed by atoms with van der Waals surface area (Å²) < 4.78 is 8.06. The Morgan fingerprint density at radius 2 is 1.61 bits per heavy atom. The zero-order valence-electron chi connectivity index (χ0n) is 20.5. The van der Waals surface area contributed by atoms with Gasteiger partial charge in [-0.2, -0.15) is 0 Å². The molecule has 0 radical (unpaired) electrons. The van der Waals surface area contributed by atoms with Crippen LogP contribution in [0.25, 0.3) is 10.9 Å². The standard InChI is InChI=1S/C29H31N3O4/c1-36-25-12-10-21(11-13-25)14-17-31-27-9-5-4-8-26(27)28(34)32(29(31)35)20-24(33)19-30-16-15-22-6-2-3-7-23(22)18-30/h2-13,24,33H,14-20H2,1H3. The van der Waals surface area contributed by atoms with Crippen molar-refractivity contribution in [3.05, 3.63) is 110 Å². The monoisotopic (exact) mass is 485 g/mol. The summed E-state index contributed by atoms with van der Waals surface area (Å²) in [5.41, 5.74) is 3.53. The molecular formula is C29H31N3O4. The van der Waals surface area contributed by atoms with Crippen LogP contribution in [0.3, 0.4) is 0 Å². The van der Waals surface area contributed by atoms with Gasteiger partial charge in [0.2, 0.25) is 0 Å². The number of aromatic nitrogens is 2. The van der Waals surface area contributed by atoms with Gasteiger partial charge in [0.25, 0.3) is 5.56 Å². The van der Waals surface area contributed by atoms with Gasteiger partial charge in [0.15, 0.2) is 0 Å². The van der Waals surface area contributed by atoms with Crippen molar-refractivity contribution in [3.63, 3.8) is 0 Å². The van der Waals surface area contributed by atoms with E-state index >= 15 is 0 Å². The predicted octanol–water partition coefficient (Wildman–Crippen LogP) is 2.83. The molecule has 1 aliphatic rings. The fourth-order valence-corrected chi connectivity index (χ4v) is 5.06. The van der Waals surface area contributed by atoms with Gasteiger partial charge in [0.1, 0.15) is 5.75 Å². The fraction of sp³-hybridized carbons (Fsp3) is 0.310. The highest BCUT2D eigenvalue weighted by Crippen LogP contribution is 2.19. The predicted molar refractivity (Wildman–Crippen MR) is 141 cm³/mol. The normalized spacial score (nSPS) is 14.5. The molecule has 0 aliphatic carbocycles. The molecule has 1 atom stereocenters. The maximum atomic E-state index is 13.5. The summed E-state index contributed by atoms with van der Waals surface area (Å²) in [5.74, 6) is 0.779. The second-order valence-electron chi connectivity index (χ2n) is 9.37. The van der Waals surface area contributed by atoms with Gasteiger partial charge in [-0.1, -0.05) is 48.5 Å². The van der Waals surface area contributed by atoms with Crippen LogP contribution in [-0.4, -0.2) is 45.4 Å². The van der Waals surface area contributed by atoms with E-state index in [1.165, 1.54) is 15.7 Å². The summed E-state index contributed by atoms with van der Waals surface area (Å²) in [5, 5.41) is 11.4. The minimum absolute atomic E-state index is 0.0385. The number of methoxy groups -OCH3 is 1. The summed E-state index contributed by atoms with van der Waals surface area (Å²) in [7, 11) is 1.63. The van der Waals surface area contributed by atoms with Gasteiger partial charge in [0.05, 0.1) is 30.7 Å². The van der Waals surface area contributed by atoms with Crippen LogP contribution >= 0.6 is 0 Å². The quantitative estimate of drug-likeness (QED) is 0.415. The minimum Gasteiger partial charge on any atom is -0.497 e. The fourth-order valence-electron chi connectivity index (χ4n) is 5.06. The molecule has 1 unspecified atom stereocenters. The van der Waals surface area contributed by atoms with Gasteiger partial charge in [-0.15, -0.1) is 0 Å². The number of benzene rings is 3. The highest BCUT2D eigenvalue weighted by molar-refractivity contribution is 5.77. The van der Waals surface area contributed by atoms with E-state index < -0.39 is 11.8 Å². The van der Waals surface area contributed by atoms with Crippen LogP contribution < -0.4 is 16.0 Å². The van der Waals surface area contributed by atoms with Crippen LogP contribution in [-0.2, 0) is 32.5 Å². The molecule has 4 aromatic rings. The number of para-hydroxylation sites is 1. The Morgan fingerprint density at radius 1 is 0.889 bits per heavy atom. The Balaban J connectivity index is 1.38. The molecule has 0 bridgehead atoms. The summed E-state index contributed by atoms with van der Waals surface area (Å²) >= 11 is 0. The van der Waals surface area contributed by atoms with Gasteiger partial charge in [-0.05, 0) is 53.8 Å². The van der Waals surface area contributed by atoms with Crippen LogP contribution in [0.5, 0.6) is 5.75 Å². The van der Waals surface area contributed by atoms with Crippen molar-refractivity contribution in [2.45, 2.75) is 38.6 Å². The molecular weight excluding hydrogens is 454 g/mol. The van der Waals surface area contributed by atoms with E-state index in [-0.39, 0.29) is 12.1 Å². The van der Waals surface area contributed by atoms with Crippen molar-refractivity contribution in [1.29, 1.82) is 0 Å². The molecule has 1 aliphatic heterocycles. The Labute approximate surface area is 209 Å². The van der Waals surface area contributed by atoms with Crippen LogP contribution in [0.15, 0.2) is 82.4 Å². The first-order valence-corrected chi connectivity index (χ1v) is 12.4. The highest BCUT2D eigenvalue weighted by Gasteiger charge is 2.21. The molecule has 0 fully saturated rings. The van der Waals surface area contributed by atoms with Crippen molar-refractivity contribution >= 4 is 10.9 Å². The molecule has 1 aromatic heterocycles. The Kier molecular flexibility index (Phi) is 7.02. The number of ether oxygens (including phenoxy) is 1. The Bertz CT molecular complexity index is 1470. The van der Waals surface area contributed by atoms with Gasteiger partial charge < -0.3 is 9.84 Å². The minimum atomic E-state index is -0.836. The van der Waals surface area contributed by atoms with Gasteiger partial charge >= 0.3 is 5.69 Å². The lowest BCUT2D eigenvalue weighted by Crippen LogP contribution is -2.45. The van der Waals surface area contributed by atoms with E-state index in [1.807, 2.05) is 36.4 Å². The third-order valence-electron chi connectivity index (χ3n) is 6.99. The zero-order chi connectivity index (χ0) is 25.1. The SMILES string of the molecule is COc1ccc(CCn2c(=O)n(CC(O)CN3CCc4ccccc4C3)c(=O)c3ccccc32)cc1. The molecule has 0 amide bonds. The van der Waals surface area contributed by atoms with E-state index in [2.05, 4.69) is 23.1 Å². The smallest absolute Gasteiger partial charge is 0.331 e. The lowest BCUT2D eigenvalue weighted by molar-refractivity contribution is 0.0897. The van der Waals surface area contributed by atoms with E-state index in [0.29, 0.717) is 30.4 Å². The van der Waals surface area contributed by atoms with Gasteiger partial charge in [-0.25, -0.2) is 4.79 Å². The number of nitrogens with zero attached hydrogens (tertiary/aromatic N) is 3. The molecule has 2 heterocycles. The third-order valence-corrected chi connectivity index (χ3v) is 6.99. The summed E-state index contributed by atoms with van der Waals surface area (Å²) in [6.45, 7) is 2.38. The molecule has 7 nitrogen and oxygen atoms in total. The molecule has 186 valence electrons. The van der Waals surface area contributed by atoms with Crippen molar-refractivity contribution in [2.75, 3.05) is 20.2 Å². The average molecular weight is 486 g/mol. The number of fused-ring (bicyclic) bond motifs is 2. The molecule has 5 rings (SSSR count). The van der Waals surface area contributed by atoms with Crippen molar-refractivity contribution in [3.8, 4) is 5.75 Å². The van der Waals surface area contributed by atoms with Crippen LogP contribution in [0.1, 0.15) is 16.7 Å². The maximum absolute atomic E-state index is 13.5. The first-order chi connectivity index (χ1) is 17.5. The highest BCUT2D eigenvalue weighted by atomic mass is 16.5. The molecule has 0 saturated carbocycles. The number of hydrogen-bond donors (Lipinski definition) is 1. The van der Waals surface area contributed by atoms with Crippen LogP contribution in [0, 0.1) is 0 Å². The Morgan fingerprint density at radius 3 is 2.39 bits per heavy atom. The lowest BCUT2D eigenvalue weighted by atomic mass is 10.00. The number of rotatable bonds is 8. The number of aliphatic hydroxyl groups is 1. The van der Waals surface area contributed by atoms with E-state index in [9.17, 15) is 14.7 Å². The summed E-state index contributed by atoms with van der Waals surface area (Å²) in [4.78, 5) is 28.9. The number of hydrogen-bond acceptors (Lipinski definition) is 5. The van der Waals surface area contributed by atoms with Crippen LogP contribution in [0.4, 0.5) is 0 Å².